The van der Waals surface area contributed by atoms with Crippen LogP contribution in [-0.4, -0.2) is 16.0 Å². The van der Waals surface area contributed by atoms with Crippen molar-refractivity contribution in [3.05, 3.63) is 23.8 Å². The number of aromatic hydroxyl groups is 2. The second-order valence-corrected chi connectivity index (χ2v) is 4.90. The summed E-state index contributed by atoms with van der Waals surface area (Å²) in [7, 11) is 0. The van der Waals surface area contributed by atoms with Crippen molar-refractivity contribution >= 4 is 5.78 Å². The maximum atomic E-state index is 11.3. The van der Waals surface area contributed by atoms with Gasteiger partial charge in [-0.1, -0.05) is 6.07 Å². The Morgan fingerprint density at radius 3 is 2.35 bits per heavy atom. The summed E-state index contributed by atoms with van der Waals surface area (Å²) in [4.78, 5) is 11.3. The van der Waals surface area contributed by atoms with Gasteiger partial charge in [0.25, 0.3) is 0 Å². The Morgan fingerprint density at radius 1 is 1.18 bits per heavy atom. The molecule has 2 N–H and O–H groups in total. The quantitative estimate of drug-likeness (QED) is 0.827. The number of benzene rings is 1. The van der Waals surface area contributed by atoms with E-state index < -0.39 is 0 Å². The van der Waals surface area contributed by atoms with Crippen LogP contribution in [0, 0.1) is 5.92 Å². The third kappa shape index (κ3) is 2.60. The van der Waals surface area contributed by atoms with Crippen LogP contribution in [0.2, 0.25) is 0 Å². The van der Waals surface area contributed by atoms with Crippen molar-refractivity contribution in [2.45, 2.75) is 38.5 Å². The Hall–Kier alpha value is -1.51. The fourth-order valence-electron chi connectivity index (χ4n) is 2.69. The molecule has 1 aromatic rings. The number of hydrogen-bond acceptors (Lipinski definition) is 3. The molecule has 0 radical (unpaired) electrons. The van der Waals surface area contributed by atoms with Crippen molar-refractivity contribution in [2.24, 2.45) is 5.92 Å². The number of phenols is 2. The van der Waals surface area contributed by atoms with Crippen molar-refractivity contribution in [2.75, 3.05) is 0 Å². The van der Waals surface area contributed by atoms with Gasteiger partial charge in [0, 0.05) is 12.0 Å². The van der Waals surface area contributed by atoms with E-state index in [0.29, 0.717) is 5.92 Å². The highest BCUT2D eigenvalue weighted by atomic mass is 16.3. The topological polar surface area (TPSA) is 57.5 Å². The van der Waals surface area contributed by atoms with Crippen LogP contribution >= 0.6 is 0 Å². The van der Waals surface area contributed by atoms with Gasteiger partial charge in [0.2, 0.25) is 0 Å². The van der Waals surface area contributed by atoms with Crippen molar-refractivity contribution < 1.29 is 15.0 Å². The maximum absolute atomic E-state index is 11.3. The number of carbonyl (C=O) groups is 1. The molecule has 0 unspecified atom stereocenters. The van der Waals surface area contributed by atoms with Crippen molar-refractivity contribution in [1.29, 1.82) is 0 Å². The lowest BCUT2D eigenvalue weighted by Crippen LogP contribution is -2.18. The Balaban J connectivity index is 2.08. The SMILES string of the molecule is CC(=O)C1CCC(c2ccc(O)cc2O)CC1. The molecular formula is C14H18O3. The monoisotopic (exact) mass is 234 g/mol. The van der Waals surface area contributed by atoms with E-state index >= 15 is 0 Å². The van der Waals surface area contributed by atoms with Crippen LogP contribution in [0.4, 0.5) is 0 Å². The molecule has 92 valence electrons. The highest BCUT2D eigenvalue weighted by Gasteiger charge is 2.26. The van der Waals surface area contributed by atoms with Gasteiger partial charge in [-0.05, 0) is 50.2 Å². The second kappa shape index (κ2) is 4.78. The first-order valence-electron chi connectivity index (χ1n) is 6.10. The highest BCUT2D eigenvalue weighted by Crippen LogP contribution is 2.40. The first-order valence-corrected chi connectivity index (χ1v) is 6.10. The first kappa shape index (κ1) is 12.0. The molecule has 0 saturated heterocycles. The van der Waals surface area contributed by atoms with Gasteiger partial charge in [0.15, 0.2) is 0 Å². The van der Waals surface area contributed by atoms with Gasteiger partial charge < -0.3 is 10.2 Å². The fraction of sp³-hybridized carbons (Fsp3) is 0.500. The summed E-state index contributed by atoms with van der Waals surface area (Å²) in [5.74, 6) is 1.04. The lowest BCUT2D eigenvalue weighted by Gasteiger charge is -2.27. The van der Waals surface area contributed by atoms with Crippen LogP contribution in [0.5, 0.6) is 11.5 Å². The number of carbonyl (C=O) groups excluding carboxylic acids is 1. The van der Waals surface area contributed by atoms with Gasteiger partial charge >= 0.3 is 0 Å². The van der Waals surface area contributed by atoms with Crippen molar-refractivity contribution in [3.63, 3.8) is 0 Å². The normalized spacial score (nSPS) is 24.5. The number of rotatable bonds is 2. The zero-order chi connectivity index (χ0) is 12.4. The van der Waals surface area contributed by atoms with E-state index in [1.54, 1.807) is 19.1 Å². The maximum Gasteiger partial charge on any atom is 0.132 e. The average Bonchev–Trinajstić information content (AvgIpc) is 2.29. The zero-order valence-corrected chi connectivity index (χ0v) is 10.0. The Bertz CT molecular complexity index is 417. The molecule has 0 bridgehead atoms. The molecule has 3 nitrogen and oxygen atoms in total. The molecule has 17 heavy (non-hydrogen) atoms. The van der Waals surface area contributed by atoms with E-state index in [-0.39, 0.29) is 23.2 Å². The summed E-state index contributed by atoms with van der Waals surface area (Å²) >= 11 is 0. The molecule has 1 saturated carbocycles. The van der Waals surface area contributed by atoms with E-state index in [0.717, 1.165) is 31.2 Å². The number of phenolic OH excluding ortho intramolecular Hbond substituents is 2. The predicted octanol–water partition coefficient (Wildman–Crippen LogP) is 2.96. The van der Waals surface area contributed by atoms with Crippen LogP contribution in [-0.2, 0) is 4.79 Å². The van der Waals surface area contributed by atoms with Crippen molar-refractivity contribution in [1.82, 2.24) is 0 Å². The molecule has 1 aliphatic carbocycles. The molecule has 0 aromatic heterocycles. The van der Waals surface area contributed by atoms with Crippen LogP contribution in [0.3, 0.4) is 0 Å². The highest BCUT2D eigenvalue weighted by molar-refractivity contribution is 5.78. The molecule has 0 spiro atoms. The summed E-state index contributed by atoms with van der Waals surface area (Å²) < 4.78 is 0. The Morgan fingerprint density at radius 2 is 1.82 bits per heavy atom. The summed E-state index contributed by atoms with van der Waals surface area (Å²) in [5.41, 5.74) is 0.893. The average molecular weight is 234 g/mol. The number of ketones is 1. The molecular weight excluding hydrogens is 216 g/mol. The first-order chi connectivity index (χ1) is 8.08. The predicted molar refractivity (Wildman–Crippen MR) is 65.2 cm³/mol. The van der Waals surface area contributed by atoms with Gasteiger partial charge in [0.05, 0.1) is 0 Å². The molecule has 3 heteroatoms. The number of hydrogen-bond donors (Lipinski definition) is 2. The summed E-state index contributed by atoms with van der Waals surface area (Å²) in [6, 6.07) is 4.77. The van der Waals surface area contributed by atoms with Crippen LogP contribution < -0.4 is 0 Å². The zero-order valence-electron chi connectivity index (χ0n) is 10.0. The molecule has 0 heterocycles. The van der Waals surface area contributed by atoms with E-state index in [9.17, 15) is 15.0 Å². The largest absolute Gasteiger partial charge is 0.508 e. The van der Waals surface area contributed by atoms with E-state index in [2.05, 4.69) is 0 Å². The van der Waals surface area contributed by atoms with E-state index in [1.165, 1.54) is 6.07 Å². The minimum Gasteiger partial charge on any atom is -0.508 e. The molecule has 1 aromatic carbocycles. The standard InChI is InChI=1S/C14H18O3/c1-9(15)10-2-4-11(5-3-10)13-7-6-12(16)8-14(13)17/h6-8,10-11,16-17H,2-5H2,1H3. The van der Waals surface area contributed by atoms with E-state index in [4.69, 9.17) is 0 Å². The lowest BCUT2D eigenvalue weighted by atomic mass is 9.77. The molecule has 1 fully saturated rings. The van der Waals surface area contributed by atoms with Gasteiger partial charge in [-0.2, -0.15) is 0 Å². The second-order valence-electron chi connectivity index (χ2n) is 4.90. The minimum absolute atomic E-state index is 0.0867. The van der Waals surface area contributed by atoms with Gasteiger partial charge in [-0.3, -0.25) is 4.79 Å². The molecule has 0 amide bonds. The number of Topliss-reactive ketones (excluding diaryl/α,β-unsaturated/α-hetero) is 1. The molecule has 0 aliphatic heterocycles. The Labute approximate surface area is 101 Å². The van der Waals surface area contributed by atoms with Crippen LogP contribution in [0.15, 0.2) is 18.2 Å². The van der Waals surface area contributed by atoms with Crippen molar-refractivity contribution in [3.8, 4) is 11.5 Å². The van der Waals surface area contributed by atoms with Crippen LogP contribution in [0.1, 0.15) is 44.1 Å². The minimum atomic E-state index is 0.0867. The summed E-state index contributed by atoms with van der Waals surface area (Å²) in [5, 5.41) is 19.0. The van der Waals surface area contributed by atoms with Crippen LogP contribution in [0.25, 0.3) is 0 Å². The molecule has 0 atom stereocenters. The fourth-order valence-corrected chi connectivity index (χ4v) is 2.69. The Kier molecular flexibility index (Phi) is 3.36. The van der Waals surface area contributed by atoms with Gasteiger partial charge in [-0.25, -0.2) is 0 Å². The third-order valence-electron chi connectivity index (χ3n) is 3.76. The third-order valence-corrected chi connectivity index (χ3v) is 3.76. The van der Waals surface area contributed by atoms with Gasteiger partial charge in [-0.15, -0.1) is 0 Å². The van der Waals surface area contributed by atoms with E-state index in [1.807, 2.05) is 0 Å². The smallest absolute Gasteiger partial charge is 0.132 e. The molecule has 1 aliphatic rings. The lowest BCUT2D eigenvalue weighted by molar-refractivity contribution is -0.121. The van der Waals surface area contributed by atoms with Gasteiger partial charge in [0.1, 0.15) is 17.3 Å². The summed E-state index contributed by atoms with van der Waals surface area (Å²) in [6.45, 7) is 1.66. The molecule has 2 rings (SSSR count). The summed E-state index contributed by atoms with van der Waals surface area (Å²) in [6.07, 6.45) is 3.67.